The van der Waals surface area contributed by atoms with E-state index in [0.717, 1.165) is 54.9 Å². The van der Waals surface area contributed by atoms with Crippen LogP contribution in [0.2, 0.25) is 0 Å². The van der Waals surface area contributed by atoms with E-state index in [-0.39, 0.29) is 17.9 Å². The van der Waals surface area contributed by atoms with Crippen LogP contribution >= 0.6 is 0 Å². The van der Waals surface area contributed by atoms with E-state index in [9.17, 15) is 9.59 Å². The van der Waals surface area contributed by atoms with Crippen molar-refractivity contribution in [3.8, 4) is 5.75 Å². The summed E-state index contributed by atoms with van der Waals surface area (Å²) in [6.45, 7) is 6.10. The predicted octanol–water partition coefficient (Wildman–Crippen LogP) is 3.05. The molecule has 2 fully saturated rings. The standard InChI is InChI=1S/C26H33N3O3/c1-20-7-3-4-8-21(20)18-25(30)28-15-13-27(14-16-28)19-26(31)29-12-6-11-24(29)22-9-5-10-23(17-22)32-2/h3-5,7-10,17,24H,6,11-16,18-19H2,1-2H3. The van der Waals surface area contributed by atoms with E-state index < -0.39 is 0 Å². The number of ether oxygens (including phenoxy) is 1. The first-order chi connectivity index (χ1) is 15.5. The first-order valence-electron chi connectivity index (χ1n) is 11.5. The van der Waals surface area contributed by atoms with Gasteiger partial charge in [0.1, 0.15) is 5.75 Å². The highest BCUT2D eigenvalue weighted by Gasteiger charge is 2.32. The maximum atomic E-state index is 13.1. The Morgan fingerprint density at radius 3 is 2.50 bits per heavy atom. The van der Waals surface area contributed by atoms with Gasteiger partial charge in [0, 0.05) is 32.7 Å². The number of benzene rings is 2. The van der Waals surface area contributed by atoms with Gasteiger partial charge in [0.05, 0.1) is 26.1 Å². The molecule has 0 saturated carbocycles. The van der Waals surface area contributed by atoms with Crippen molar-refractivity contribution in [3.63, 3.8) is 0 Å². The van der Waals surface area contributed by atoms with Crippen LogP contribution < -0.4 is 4.74 Å². The summed E-state index contributed by atoms with van der Waals surface area (Å²) >= 11 is 0. The molecule has 0 N–H and O–H groups in total. The number of methoxy groups -OCH3 is 1. The van der Waals surface area contributed by atoms with Crippen LogP contribution in [0.5, 0.6) is 5.75 Å². The second-order valence-corrected chi connectivity index (χ2v) is 8.78. The van der Waals surface area contributed by atoms with Gasteiger partial charge in [-0.05, 0) is 48.6 Å². The van der Waals surface area contributed by atoms with Gasteiger partial charge in [-0.3, -0.25) is 14.5 Å². The van der Waals surface area contributed by atoms with Crippen molar-refractivity contribution in [3.05, 3.63) is 65.2 Å². The van der Waals surface area contributed by atoms with E-state index >= 15 is 0 Å². The molecule has 32 heavy (non-hydrogen) atoms. The van der Waals surface area contributed by atoms with Gasteiger partial charge in [-0.25, -0.2) is 0 Å². The molecule has 0 bridgehead atoms. The number of amides is 2. The lowest BCUT2D eigenvalue weighted by molar-refractivity contribution is -0.135. The number of rotatable bonds is 6. The van der Waals surface area contributed by atoms with Crippen molar-refractivity contribution in [2.45, 2.75) is 32.2 Å². The van der Waals surface area contributed by atoms with Crippen LogP contribution in [0.15, 0.2) is 48.5 Å². The number of nitrogens with zero attached hydrogens (tertiary/aromatic N) is 3. The van der Waals surface area contributed by atoms with Gasteiger partial charge in [-0.2, -0.15) is 0 Å². The third-order valence-electron chi connectivity index (χ3n) is 6.74. The molecule has 1 unspecified atom stereocenters. The Kier molecular flexibility index (Phi) is 7.10. The summed E-state index contributed by atoms with van der Waals surface area (Å²) in [5, 5.41) is 0. The number of likely N-dealkylation sites (tertiary alicyclic amines) is 1. The van der Waals surface area contributed by atoms with E-state index in [4.69, 9.17) is 4.74 Å². The monoisotopic (exact) mass is 435 g/mol. The lowest BCUT2D eigenvalue weighted by atomic mass is 10.0. The van der Waals surface area contributed by atoms with Gasteiger partial charge in [-0.15, -0.1) is 0 Å². The molecule has 6 nitrogen and oxygen atoms in total. The molecule has 170 valence electrons. The second kappa shape index (κ2) is 10.2. The van der Waals surface area contributed by atoms with E-state index in [2.05, 4.69) is 11.0 Å². The van der Waals surface area contributed by atoms with E-state index in [1.165, 1.54) is 0 Å². The van der Waals surface area contributed by atoms with Crippen molar-refractivity contribution >= 4 is 11.8 Å². The number of carbonyl (C=O) groups is 2. The molecule has 0 spiro atoms. The van der Waals surface area contributed by atoms with Gasteiger partial charge in [0.2, 0.25) is 11.8 Å². The smallest absolute Gasteiger partial charge is 0.237 e. The SMILES string of the molecule is COc1cccc(C2CCCN2C(=O)CN2CCN(C(=O)Cc3ccccc3C)CC2)c1. The molecule has 2 heterocycles. The van der Waals surface area contributed by atoms with Gasteiger partial charge < -0.3 is 14.5 Å². The summed E-state index contributed by atoms with van der Waals surface area (Å²) in [7, 11) is 1.67. The molecule has 2 amide bonds. The fourth-order valence-corrected chi connectivity index (χ4v) is 4.78. The van der Waals surface area contributed by atoms with E-state index in [1.54, 1.807) is 7.11 Å². The number of hydrogen-bond acceptors (Lipinski definition) is 4. The molecular weight excluding hydrogens is 402 g/mol. The van der Waals surface area contributed by atoms with Gasteiger partial charge in [0.15, 0.2) is 0 Å². The van der Waals surface area contributed by atoms with Crippen LogP contribution in [0.4, 0.5) is 0 Å². The molecule has 6 heteroatoms. The molecule has 2 aliphatic rings. The third-order valence-corrected chi connectivity index (χ3v) is 6.74. The quantitative estimate of drug-likeness (QED) is 0.700. The Bertz CT molecular complexity index is 953. The zero-order chi connectivity index (χ0) is 22.5. The lowest BCUT2D eigenvalue weighted by Gasteiger charge is -2.36. The normalized spacial score (nSPS) is 19.2. The molecule has 0 aliphatic carbocycles. The van der Waals surface area contributed by atoms with Crippen molar-refractivity contribution < 1.29 is 14.3 Å². The molecule has 2 aromatic carbocycles. The molecule has 4 rings (SSSR count). The highest BCUT2D eigenvalue weighted by molar-refractivity contribution is 5.80. The molecule has 1 atom stereocenters. The summed E-state index contributed by atoms with van der Waals surface area (Å²) in [5.41, 5.74) is 3.39. The Morgan fingerprint density at radius 1 is 0.969 bits per heavy atom. The Balaban J connectivity index is 1.29. The second-order valence-electron chi connectivity index (χ2n) is 8.78. The fourth-order valence-electron chi connectivity index (χ4n) is 4.78. The van der Waals surface area contributed by atoms with Crippen LogP contribution in [0.1, 0.15) is 35.6 Å². The summed E-state index contributed by atoms with van der Waals surface area (Å²) in [6, 6.07) is 16.2. The summed E-state index contributed by atoms with van der Waals surface area (Å²) in [6.07, 6.45) is 2.45. The molecular formula is C26H33N3O3. The van der Waals surface area contributed by atoms with Crippen LogP contribution in [-0.2, 0) is 16.0 Å². The maximum Gasteiger partial charge on any atom is 0.237 e. The summed E-state index contributed by atoms with van der Waals surface area (Å²) in [4.78, 5) is 32.0. The van der Waals surface area contributed by atoms with Crippen molar-refractivity contribution in [1.82, 2.24) is 14.7 Å². The summed E-state index contributed by atoms with van der Waals surface area (Å²) < 4.78 is 5.36. The first-order valence-corrected chi connectivity index (χ1v) is 11.5. The number of hydrogen-bond donors (Lipinski definition) is 0. The third kappa shape index (κ3) is 5.13. The fraction of sp³-hybridized carbons (Fsp3) is 0.462. The minimum atomic E-state index is 0.120. The number of aryl methyl sites for hydroxylation is 1. The van der Waals surface area contributed by atoms with Crippen molar-refractivity contribution in [1.29, 1.82) is 0 Å². The van der Waals surface area contributed by atoms with E-state index in [1.807, 2.05) is 59.2 Å². The molecule has 2 aliphatic heterocycles. The number of piperazine rings is 1. The molecule has 2 saturated heterocycles. The van der Waals surface area contributed by atoms with Crippen molar-refractivity contribution in [2.75, 3.05) is 46.4 Å². The van der Waals surface area contributed by atoms with Crippen molar-refractivity contribution in [2.24, 2.45) is 0 Å². The van der Waals surface area contributed by atoms with Gasteiger partial charge >= 0.3 is 0 Å². The van der Waals surface area contributed by atoms with Gasteiger partial charge in [0.25, 0.3) is 0 Å². The maximum absolute atomic E-state index is 13.1. The Morgan fingerprint density at radius 2 is 1.75 bits per heavy atom. The summed E-state index contributed by atoms with van der Waals surface area (Å²) in [5.74, 6) is 1.17. The number of carbonyl (C=O) groups excluding carboxylic acids is 2. The molecule has 0 radical (unpaired) electrons. The Labute approximate surface area is 190 Å². The molecule has 2 aromatic rings. The van der Waals surface area contributed by atoms with Crippen LogP contribution in [0.3, 0.4) is 0 Å². The highest BCUT2D eigenvalue weighted by atomic mass is 16.5. The average Bonchev–Trinajstić information content (AvgIpc) is 3.31. The average molecular weight is 436 g/mol. The molecule has 0 aromatic heterocycles. The topological polar surface area (TPSA) is 53.1 Å². The first kappa shape index (κ1) is 22.3. The van der Waals surface area contributed by atoms with Crippen LogP contribution in [0, 0.1) is 6.92 Å². The van der Waals surface area contributed by atoms with Gasteiger partial charge in [-0.1, -0.05) is 36.4 Å². The predicted molar refractivity (Wildman–Crippen MR) is 125 cm³/mol. The largest absolute Gasteiger partial charge is 0.497 e. The van der Waals surface area contributed by atoms with Crippen LogP contribution in [-0.4, -0.2) is 72.9 Å². The minimum absolute atomic E-state index is 0.120. The zero-order valence-electron chi connectivity index (χ0n) is 19.1. The minimum Gasteiger partial charge on any atom is -0.497 e. The Hall–Kier alpha value is -2.86. The highest BCUT2D eigenvalue weighted by Crippen LogP contribution is 2.33. The van der Waals surface area contributed by atoms with Crippen LogP contribution in [0.25, 0.3) is 0 Å². The lowest BCUT2D eigenvalue weighted by Crippen LogP contribution is -2.51. The zero-order valence-corrected chi connectivity index (χ0v) is 19.1. The van der Waals surface area contributed by atoms with E-state index in [0.29, 0.717) is 26.1 Å².